The molecular formula is C19H26N4O3S. The summed E-state index contributed by atoms with van der Waals surface area (Å²) in [6, 6.07) is 6.78. The first-order valence-corrected chi connectivity index (χ1v) is 9.86. The first-order chi connectivity index (χ1) is 13.1. The van der Waals surface area contributed by atoms with Gasteiger partial charge in [-0.2, -0.15) is 0 Å². The zero-order valence-electron chi connectivity index (χ0n) is 15.9. The van der Waals surface area contributed by atoms with E-state index in [9.17, 15) is 9.59 Å². The van der Waals surface area contributed by atoms with Crippen LogP contribution in [0.2, 0.25) is 0 Å². The Morgan fingerprint density at radius 3 is 2.48 bits per heavy atom. The van der Waals surface area contributed by atoms with Gasteiger partial charge in [-0.05, 0) is 50.3 Å². The molecule has 2 rings (SSSR count). The van der Waals surface area contributed by atoms with Crippen LogP contribution in [0.5, 0.6) is 5.75 Å². The van der Waals surface area contributed by atoms with Crippen molar-refractivity contribution in [1.82, 2.24) is 15.2 Å². The van der Waals surface area contributed by atoms with Gasteiger partial charge in [0.05, 0.1) is 7.11 Å². The van der Waals surface area contributed by atoms with E-state index >= 15 is 0 Å². The second-order valence-corrected chi connectivity index (χ2v) is 6.71. The highest BCUT2D eigenvalue weighted by Gasteiger charge is 2.13. The molecule has 1 heterocycles. The number of hydrogen-bond acceptors (Lipinski definition) is 6. The molecule has 0 spiro atoms. The van der Waals surface area contributed by atoms with Crippen LogP contribution in [-0.4, -0.2) is 55.0 Å². The van der Waals surface area contributed by atoms with Crippen molar-refractivity contribution in [3.8, 4) is 5.75 Å². The van der Waals surface area contributed by atoms with Gasteiger partial charge in [0.1, 0.15) is 11.4 Å². The molecule has 0 atom stereocenters. The number of rotatable bonds is 10. The maximum absolute atomic E-state index is 12.2. The SMILES string of the molecule is CCN(CC)CCCNC(=O)c1csc(NC(=O)c2ccc(OC)cc2)n1. The van der Waals surface area contributed by atoms with Crippen LogP contribution in [0, 0.1) is 0 Å². The van der Waals surface area contributed by atoms with E-state index in [0.717, 1.165) is 26.1 Å². The predicted octanol–water partition coefficient (Wildman–Crippen LogP) is 2.87. The van der Waals surface area contributed by atoms with Crippen molar-refractivity contribution in [3.63, 3.8) is 0 Å². The Morgan fingerprint density at radius 2 is 1.85 bits per heavy atom. The summed E-state index contributed by atoms with van der Waals surface area (Å²) in [5, 5.41) is 7.61. The summed E-state index contributed by atoms with van der Waals surface area (Å²) in [6.07, 6.45) is 0.888. The first-order valence-electron chi connectivity index (χ1n) is 8.98. The number of benzene rings is 1. The molecule has 0 radical (unpaired) electrons. The zero-order chi connectivity index (χ0) is 19.6. The van der Waals surface area contributed by atoms with Crippen molar-refractivity contribution in [2.24, 2.45) is 0 Å². The molecule has 0 bridgehead atoms. The lowest BCUT2D eigenvalue weighted by molar-refractivity contribution is 0.0946. The molecule has 1 aromatic heterocycles. The number of thiazole rings is 1. The number of carbonyl (C=O) groups is 2. The fourth-order valence-corrected chi connectivity index (χ4v) is 3.17. The normalized spacial score (nSPS) is 10.7. The third-order valence-corrected chi connectivity index (χ3v) is 4.90. The van der Waals surface area contributed by atoms with Gasteiger partial charge in [-0.15, -0.1) is 11.3 Å². The first kappa shape index (κ1) is 20.9. The molecule has 2 N–H and O–H groups in total. The zero-order valence-corrected chi connectivity index (χ0v) is 16.8. The maximum Gasteiger partial charge on any atom is 0.270 e. The van der Waals surface area contributed by atoms with Crippen LogP contribution in [0.15, 0.2) is 29.6 Å². The minimum absolute atomic E-state index is 0.226. The number of hydrogen-bond donors (Lipinski definition) is 2. The van der Waals surface area contributed by atoms with E-state index in [-0.39, 0.29) is 11.8 Å². The van der Waals surface area contributed by atoms with Crippen LogP contribution in [0.1, 0.15) is 41.1 Å². The van der Waals surface area contributed by atoms with Crippen molar-refractivity contribution in [3.05, 3.63) is 40.9 Å². The number of methoxy groups -OCH3 is 1. The van der Waals surface area contributed by atoms with Gasteiger partial charge in [0.15, 0.2) is 5.13 Å². The molecule has 0 aliphatic rings. The largest absolute Gasteiger partial charge is 0.497 e. The smallest absolute Gasteiger partial charge is 0.270 e. The average Bonchev–Trinajstić information content (AvgIpc) is 3.16. The average molecular weight is 391 g/mol. The second-order valence-electron chi connectivity index (χ2n) is 5.86. The number of anilines is 1. The van der Waals surface area contributed by atoms with Crippen molar-refractivity contribution >= 4 is 28.3 Å². The third-order valence-electron chi connectivity index (χ3n) is 4.14. The summed E-state index contributed by atoms with van der Waals surface area (Å²) in [5.41, 5.74) is 0.807. The summed E-state index contributed by atoms with van der Waals surface area (Å²) in [5.74, 6) is 0.176. The van der Waals surface area contributed by atoms with E-state index in [2.05, 4.69) is 34.4 Å². The molecule has 0 fully saturated rings. The highest BCUT2D eigenvalue weighted by atomic mass is 32.1. The summed E-state index contributed by atoms with van der Waals surface area (Å²) in [4.78, 5) is 30.9. The van der Waals surface area contributed by atoms with Gasteiger partial charge in [-0.3, -0.25) is 14.9 Å². The minimum atomic E-state index is -0.279. The van der Waals surface area contributed by atoms with Crippen molar-refractivity contribution in [2.75, 3.05) is 38.6 Å². The quantitative estimate of drug-likeness (QED) is 0.610. The molecule has 0 saturated heterocycles. The molecule has 0 saturated carbocycles. The number of ether oxygens (including phenoxy) is 1. The van der Waals surface area contributed by atoms with Crippen LogP contribution in [-0.2, 0) is 0 Å². The van der Waals surface area contributed by atoms with E-state index in [4.69, 9.17) is 4.74 Å². The fourth-order valence-electron chi connectivity index (χ4n) is 2.48. The van der Waals surface area contributed by atoms with Gasteiger partial charge < -0.3 is 15.0 Å². The van der Waals surface area contributed by atoms with E-state index in [0.29, 0.717) is 28.7 Å². The Balaban J connectivity index is 1.82. The Bertz CT molecular complexity index is 742. The monoisotopic (exact) mass is 390 g/mol. The Labute approximate surface area is 163 Å². The number of nitrogens with one attached hydrogen (secondary N) is 2. The van der Waals surface area contributed by atoms with Crippen LogP contribution >= 0.6 is 11.3 Å². The van der Waals surface area contributed by atoms with E-state index < -0.39 is 0 Å². The predicted molar refractivity (Wildman–Crippen MR) is 108 cm³/mol. The lowest BCUT2D eigenvalue weighted by atomic mass is 10.2. The van der Waals surface area contributed by atoms with Crippen LogP contribution in [0.3, 0.4) is 0 Å². The standard InChI is InChI=1S/C19H26N4O3S/c1-4-23(5-2)12-6-11-20-18(25)16-13-27-19(21-16)22-17(24)14-7-9-15(26-3)10-8-14/h7-10,13H,4-6,11-12H2,1-3H3,(H,20,25)(H,21,22,24). The Hall–Kier alpha value is -2.45. The molecule has 2 aromatic rings. The summed E-state index contributed by atoms with van der Waals surface area (Å²) in [6.45, 7) is 7.81. The molecule has 2 amide bonds. The van der Waals surface area contributed by atoms with E-state index in [1.54, 1.807) is 36.8 Å². The minimum Gasteiger partial charge on any atom is -0.497 e. The van der Waals surface area contributed by atoms with Crippen molar-refractivity contribution in [1.29, 1.82) is 0 Å². The summed E-state index contributed by atoms with van der Waals surface area (Å²) in [7, 11) is 1.57. The maximum atomic E-state index is 12.2. The molecule has 146 valence electrons. The Morgan fingerprint density at radius 1 is 1.15 bits per heavy atom. The molecule has 0 aliphatic heterocycles. The molecule has 0 aliphatic carbocycles. The molecular weight excluding hydrogens is 364 g/mol. The van der Waals surface area contributed by atoms with Gasteiger partial charge in [0.2, 0.25) is 0 Å². The van der Waals surface area contributed by atoms with Gasteiger partial charge in [-0.1, -0.05) is 13.8 Å². The van der Waals surface area contributed by atoms with Gasteiger partial charge in [0.25, 0.3) is 11.8 Å². The molecule has 0 unspecified atom stereocenters. The van der Waals surface area contributed by atoms with E-state index in [1.165, 1.54) is 11.3 Å². The lowest BCUT2D eigenvalue weighted by Crippen LogP contribution is -2.30. The van der Waals surface area contributed by atoms with Crippen molar-refractivity contribution < 1.29 is 14.3 Å². The number of carbonyl (C=O) groups excluding carboxylic acids is 2. The van der Waals surface area contributed by atoms with Crippen molar-refractivity contribution in [2.45, 2.75) is 20.3 Å². The van der Waals surface area contributed by atoms with E-state index in [1.807, 2.05) is 0 Å². The number of nitrogens with zero attached hydrogens (tertiary/aromatic N) is 2. The number of amides is 2. The Kier molecular flexibility index (Phi) is 8.22. The van der Waals surface area contributed by atoms with Crippen LogP contribution in [0.25, 0.3) is 0 Å². The van der Waals surface area contributed by atoms with Crippen LogP contribution < -0.4 is 15.4 Å². The highest BCUT2D eigenvalue weighted by Crippen LogP contribution is 2.17. The van der Waals surface area contributed by atoms with Gasteiger partial charge in [-0.25, -0.2) is 4.98 Å². The third kappa shape index (κ3) is 6.33. The lowest BCUT2D eigenvalue weighted by Gasteiger charge is -2.17. The number of aromatic nitrogens is 1. The molecule has 1 aromatic carbocycles. The van der Waals surface area contributed by atoms with Gasteiger partial charge in [0, 0.05) is 17.5 Å². The van der Waals surface area contributed by atoms with Gasteiger partial charge >= 0.3 is 0 Å². The second kappa shape index (κ2) is 10.6. The summed E-state index contributed by atoms with van der Waals surface area (Å²) >= 11 is 1.22. The highest BCUT2D eigenvalue weighted by molar-refractivity contribution is 7.14. The molecule has 7 nitrogen and oxygen atoms in total. The molecule has 8 heteroatoms. The van der Waals surface area contributed by atoms with Crippen LogP contribution in [0.4, 0.5) is 5.13 Å². The fraction of sp³-hybridized carbons (Fsp3) is 0.421. The summed E-state index contributed by atoms with van der Waals surface area (Å²) < 4.78 is 5.07. The topological polar surface area (TPSA) is 83.6 Å². The molecule has 27 heavy (non-hydrogen) atoms.